The second-order valence-corrected chi connectivity index (χ2v) is 1.84. The first-order valence-electron chi connectivity index (χ1n) is 2.79. The number of hydrogen-bond donors (Lipinski definition) is 2. The Kier molecular flexibility index (Phi) is 1.89. The fraction of sp³-hybridized carbons (Fsp3) is 0. The number of phenolic OH excluding ortho intramolecular Hbond substituents is 1. The Morgan fingerprint density at radius 3 is 2.80 bits per heavy atom. The number of aromatic hydroxyl groups is 1. The molecule has 0 bridgehead atoms. The van der Waals surface area contributed by atoms with E-state index >= 15 is 0 Å². The van der Waals surface area contributed by atoms with Gasteiger partial charge in [-0.05, 0) is 17.7 Å². The molecule has 0 aliphatic rings. The minimum atomic E-state index is 0.164. The maximum Gasteiger partial charge on any atom is 0.116 e. The molecule has 0 spiro atoms. The number of oxime groups is 1. The summed E-state index contributed by atoms with van der Waals surface area (Å²) in [5.74, 6) is 0.164. The van der Waals surface area contributed by atoms with Crippen molar-refractivity contribution in [1.82, 2.24) is 0 Å². The maximum atomic E-state index is 8.90. The van der Waals surface area contributed by atoms with Gasteiger partial charge in [0, 0.05) is 0 Å². The number of phenols is 1. The van der Waals surface area contributed by atoms with Gasteiger partial charge in [-0.3, -0.25) is 0 Å². The van der Waals surface area contributed by atoms with Crippen LogP contribution in [-0.4, -0.2) is 16.5 Å². The smallest absolute Gasteiger partial charge is 0.116 e. The van der Waals surface area contributed by atoms with Crippen molar-refractivity contribution in [3.05, 3.63) is 29.8 Å². The zero-order chi connectivity index (χ0) is 7.40. The number of nitrogens with zero attached hydrogens (tertiary/aromatic N) is 1. The van der Waals surface area contributed by atoms with Crippen LogP contribution in [0.15, 0.2) is 29.4 Å². The van der Waals surface area contributed by atoms with Crippen molar-refractivity contribution >= 4 is 6.21 Å². The summed E-state index contributed by atoms with van der Waals surface area (Å²) < 4.78 is 0. The van der Waals surface area contributed by atoms with E-state index in [0.717, 1.165) is 0 Å². The largest absolute Gasteiger partial charge is 0.508 e. The van der Waals surface area contributed by atoms with E-state index in [9.17, 15) is 0 Å². The van der Waals surface area contributed by atoms with E-state index in [-0.39, 0.29) is 5.75 Å². The van der Waals surface area contributed by atoms with E-state index in [4.69, 9.17) is 10.3 Å². The third kappa shape index (κ3) is 1.48. The standard InChI is InChI=1S/C7H7NO2/c9-7-3-1-2-6(4-7)5-8-10/h1-5,9-10H/b8-5+. The minimum absolute atomic E-state index is 0.164. The molecule has 1 aromatic carbocycles. The zero-order valence-corrected chi connectivity index (χ0v) is 5.23. The summed E-state index contributed by atoms with van der Waals surface area (Å²) in [6.07, 6.45) is 1.25. The second kappa shape index (κ2) is 2.87. The highest BCUT2D eigenvalue weighted by Gasteiger charge is 1.88. The fourth-order valence-corrected chi connectivity index (χ4v) is 0.672. The molecule has 10 heavy (non-hydrogen) atoms. The van der Waals surface area contributed by atoms with Crippen LogP contribution in [0.3, 0.4) is 0 Å². The lowest BCUT2D eigenvalue weighted by molar-refractivity contribution is 0.322. The molecule has 0 aromatic heterocycles. The highest BCUT2D eigenvalue weighted by atomic mass is 16.4. The molecule has 52 valence electrons. The lowest BCUT2D eigenvalue weighted by Gasteiger charge is -1.91. The van der Waals surface area contributed by atoms with Gasteiger partial charge in [0.15, 0.2) is 0 Å². The number of hydrogen-bond acceptors (Lipinski definition) is 3. The molecule has 0 radical (unpaired) electrons. The number of benzene rings is 1. The van der Waals surface area contributed by atoms with Gasteiger partial charge in [0.25, 0.3) is 0 Å². The highest BCUT2D eigenvalue weighted by Crippen LogP contribution is 2.08. The van der Waals surface area contributed by atoms with E-state index in [1.54, 1.807) is 18.2 Å². The van der Waals surface area contributed by atoms with Crippen molar-refractivity contribution in [2.45, 2.75) is 0 Å². The quantitative estimate of drug-likeness (QED) is 0.347. The SMILES string of the molecule is O/N=C/c1cccc(O)c1. The molecule has 1 aromatic rings. The van der Waals surface area contributed by atoms with Gasteiger partial charge in [-0.15, -0.1) is 0 Å². The van der Waals surface area contributed by atoms with Gasteiger partial charge >= 0.3 is 0 Å². The molecule has 0 fully saturated rings. The van der Waals surface area contributed by atoms with Crippen LogP contribution in [0.1, 0.15) is 5.56 Å². The molecule has 0 atom stereocenters. The summed E-state index contributed by atoms with van der Waals surface area (Å²) in [5.41, 5.74) is 0.669. The molecule has 1 rings (SSSR count). The van der Waals surface area contributed by atoms with Crippen LogP contribution in [0, 0.1) is 0 Å². The number of rotatable bonds is 1. The second-order valence-electron chi connectivity index (χ2n) is 1.84. The fourth-order valence-electron chi connectivity index (χ4n) is 0.672. The third-order valence-electron chi connectivity index (χ3n) is 1.08. The molecular weight excluding hydrogens is 130 g/mol. The predicted molar refractivity (Wildman–Crippen MR) is 37.5 cm³/mol. The summed E-state index contributed by atoms with van der Waals surface area (Å²) in [5, 5.41) is 19.8. The van der Waals surface area contributed by atoms with E-state index in [1.165, 1.54) is 12.3 Å². The van der Waals surface area contributed by atoms with Crippen LogP contribution in [0.5, 0.6) is 5.75 Å². The Labute approximate surface area is 58.2 Å². The molecule has 0 heterocycles. The molecule has 3 nitrogen and oxygen atoms in total. The minimum Gasteiger partial charge on any atom is -0.508 e. The summed E-state index contributed by atoms with van der Waals surface area (Å²) >= 11 is 0. The van der Waals surface area contributed by atoms with Gasteiger partial charge in [0.1, 0.15) is 5.75 Å². The van der Waals surface area contributed by atoms with Crippen LogP contribution in [0.25, 0.3) is 0 Å². The Hall–Kier alpha value is -1.51. The van der Waals surface area contributed by atoms with Crippen molar-refractivity contribution in [3.63, 3.8) is 0 Å². The molecule has 0 saturated heterocycles. The van der Waals surface area contributed by atoms with Crippen LogP contribution >= 0.6 is 0 Å². The molecule has 0 saturated carbocycles. The van der Waals surface area contributed by atoms with Crippen molar-refractivity contribution in [2.75, 3.05) is 0 Å². The molecule has 0 unspecified atom stereocenters. The Morgan fingerprint density at radius 1 is 1.40 bits per heavy atom. The molecular formula is C7H7NO2. The first-order valence-corrected chi connectivity index (χ1v) is 2.79. The van der Waals surface area contributed by atoms with Crippen LogP contribution < -0.4 is 0 Å². The third-order valence-corrected chi connectivity index (χ3v) is 1.08. The van der Waals surface area contributed by atoms with Crippen LogP contribution in [0.4, 0.5) is 0 Å². The van der Waals surface area contributed by atoms with Crippen LogP contribution in [-0.2, 0) is 0 Å². The van der Waals surface area contributed by atoms with Crippen molar-refractivity contribution in [1.29, 1.82) is 0 Å². The normalized spacial score (nSPS) is 10.4. The maximum absolute atomic E-state index is 8.90. The van der Waals surface area contributed by atoms with Gasteiger partial charge in [-0.2, -0.15) is 0 Å². The molecule has 3 heteroatoms. The lowest BCUT2D eigenvalue weighted by atomic mass is 10.2. The van der Waals surface area contributed by atoms with E-state index < -0.39 is 0 Å². The van der Waals surface area contributed by atoms with Crippen molar-refractivity contribution in [3.8, 4) is 5.75 Å². The Bertz CT molecular complexity index is 245. The van der Waals surface area contributed by atoms with E-state index in [0.29, 0.717) is 5.56 Å². The van der Waals surface area contributed by atoms with Crippen molar-refractivity contribution in [2.24, 2.45) is 5.16 Å². The molecule has 0 amide bonds. The molecule has 0 aliphatic carbocycles. The summed E-state index contributed by atoms with van der Waals surface area (Å²) in [7, 11) is 0. The average Bonchev–Trinajstić information content (AvgIpc) is 1.88. The summed E-state index contributed by atoms with van der Waals surface area (Å²) in [4.78, 5) is 0. The first kappa shape index (κ1) is 6.61. The summed E-state index contributed by atoms with van der Waals surface area (Å²) in [6, 6.07) is 6.44. The van der Waals surface area contributed by atoms with Gasteiger partial charge < -0.3 is 10.3 Å². The molecule has 2 N–H and O–H groups in total. The highest BCUT2D eigenvalue weighted by molar-refractivity contribution is 5.79. The monoisotopic (exact) mass is 137 g/mol. The Balaban J connectivity index is 2.95. The van der Waals surface area contributed by atoms with Gasteiger partial charge in [0.05, 0.1) is 6.21 Å². The Morgan fingerprint density at radius 2 is 2.20 bits per heavy atom. The van der Waals surface area contributed by atoms with Gasteiger partial charge in [-0.1, -0.05) is 17.3 Å². The lowest BCUT2D eigenvalue weighted by Crippen LogP contribution is -1.77. The van der Waals surface area contributed by atoms with Crippen LogP contribution in [0.2, 0.25) is 0 Å². The van der Waals surface area contributed by atoms with E-state index in [1.807, 2.05) is 0 Å². The van der Waals surface area contributed by atoms with Gasteiger partial charge in [0.2, 0.25) is 0 Å². The topological polar surface area (TPSA) is 52.8 Å². The molecule has 0 aliphatic heterocycles. The van der Waals surface area contributed by atoms with Gasteiger partial charge in [-0.25, -0.2) is 0 Å². The zero-order valence-electron chi connectivity index (χ0n) is 5.23. The average molecular weight is 137 g/mol. The first-order chi connectivity index (χ1) is 4.83. The van der Waals surface area contributed by atoms with Crippen molar-refractivity contribution < 1.29 is 10.3 Å². The predicted octanol–water partition coefficient (Wildman–Crippen LogP) is 1.20. The van der Waals surface area contributed by atoms with E-state index in [2.05, 4.69) is 5.16 Å². The summed E-state index contributed by atoms with van der Waals surface area (Å²) in [6.45, 7) is 0.